The van der Waals surface area contributed by atoms with E-state index >= 15 is 0 Å². The van der Waals surface area contributed by atoms with E-state index in [0.29, 0.717) is 17.8 Å². The van der Waals surface area contributed by atoms with Crippen LogP contribution >= 0.6 is 0 Å². The van der Waals surface area contributed by atoms with Crippen LogP contribution in [-0.2, 0) is 16.1 Å². The summed E-state index contributed by atoms with van der Waals surface area (Å²) in [4.78, 5) is 23.7. The van der Waals surface area contributed by atoms with Crippen molar-refractivity contribution in [2.45, 2.75) is 27.3 Å². The second-order valence-electron chi connectivity index (χ2n) is 6.65. The average Bonchev–Trinajstić information content (AvgIpc) is 3.06. The number of ether oxygens (including phenoxy) is 1. The van der Waals surface area contributed by atoms with Crippen LogP contribution in [0.3, 0.4) is 0 Å². The molecule has 0 unspecified atom stereocenters. The lowest BCUT2D eigenvalue weighted by atomic mass is 10.0. The van der Waals surface area contributed by atoms with Gasteiger partial charge in [0.25, 0.3) is 0 Å². The number of aromatic nitrogens is 2. The molecule has 138 valence electrons. The number of hydrogen-bond acceptors (Lipinski definition) is 4. The summed E-state index contributed by atoms with van der Waals surface area (Å²) in [5.74, 6) is -0.745. The molecule has 0 N–H and O–H groups in total. The lowest BCUT2D eigenvalue weighted by Crippen LogP contribution is -2.11. The lowest BCUT2D eigenvalue weighted by Gasteiger charge is -2.06. The monoisotopic (exact) mass is 362 g/mol. The summed E-state index contributed by atoms with van der Waals surface area (Å²) in [7, 11) is 0. The first-order valence-electron chi connectivity index (χ1n) is 8.79. The molecule has 0 spiro atoms. The number of aryl methyl sites for hydroxylation is 2. The Hall–Kier alpha value is -3.21. The highest BCUT2D eigenvalue weighted by Gasteiger charge is 2.20. The Morgan fingerprint density at radius 1 is 1.04 bits per heavy atom. The van der Waals surface area contributed by atoms with Gasteiger partial charge in [-0.2, -0.15) is 5.10 Å². The summed E-state index contributed by atoms with van der Waals surface area (Å²) >= 11 is 0. The predicted octanol–water partition coefficient (Wildman–Crippen LogP) is 3.96. The first-order chi connectivity index (χ1) is 12.9. The number of rotatable bonds is 6. The van der Waals surface area contributed by atoms with Crippen molar-refractivity contribution in [2.24, 2.45) is 0 Å². The van der Waals surface area contributed by atoms with Crippen LogP contribution in [0.4, 0.5) is 0 Å². The summed E-state index contributed by atoms with van der Waals surface area (Å²) in [6.07, 6.45) is 1.68. The number of carbonyl (C=O) groups excluding carboxylic acids is 2. The standard InChI is InChI=1S/C22H22N2O3/c1-15-9-10-19(11-16(15)2)21-20(22(26)27-14-17(3)25)13-24(23-21)12-18-7-5-4-6-8-18/h4-11,13H,12,14H2,1-3H3. The smallest absolute Gasteiger partial charge is 0.342 e. The van der Waals surface area contributed by atoms with E-state index in [2.05, 4.69) is 5.10 Å². The summed E-state index contributed by atoms with van der Waals surface area (Å²) < 4.78 is 6.85. The molecular formula is C22H22N2O3. The van der Waals surface area contributed by atoms with E-state index in [9.17, 15) is 9.59 Å². The average molecular weight is 362 g/mol. The van der Waals surface area contributed by atoms with E-state index in [1.54, 1.807) is 10.9 Å². The Labute approximate surface area is 158 Å². The van der Waals surface area contributed by atoms with Crippen molar-refractivity contribution in [3.63, 3.8) is 0 Å². The zero-order chi connectivity index (χ0) is 19.4. The molecule has 0 bridgehead atoms. The largest absolute Gasteiger partial charge is 0.454 e. The highest BCUT2D eigenvalue weighted by Crippen LogP contribution is 2.25. The van der Waals surface area contributed by atoms with E-state index in [1.165, 1.54) is 12.5 Å². The summed E-state index contributed by atoms with van der Waals surface area (Å²) in [6.45, 7) is 5.74. The molecule has 3 rings (SSSR count). The SMILES string of the molecule is CC(=O)COC(=O)c1cn(Cc2ccccc2)nc1-c1ccc(C)c(C)c1. The third-order valence-corrected chi connectivity index (χ3v) is 4.36. The number of carbonyl (C=O) groups is 2. The van der Waals surface area contributed by atoms with E-state index < -0.39 is 5.97 Å². The van der Waals surface area contributed by atoms with Crippen LogP contribution in [0.5, 0.6) is 0 Å². The molecule has 0 saturated heterocycles. The molecule has 0 aliphatic rings. The Balaban J connectivity index is 1.99. The molecule has 0 fully saturated rings. The van der Waals surface area contributed by atoms with E-state index in [-0.39, 0.29) is 12.4 Å². The second-order valence-corrected chi connectivity index (χ2v) is 6.65. The molecule has 0 saturated carbocycles. The van der Waals surface area contributed by atoms with Gasteiger partial charge >= 0.3 is 5.97 Å². The number of nitrogens with zero attached hydrogens (tertiary/aromatic N) is 2. The molecule has 0 radical (unpaired) electrons. The van der Waals surface area contributed by atoms with Crippen molar-refractivity contribution in [1.82, 2.24) is 9.78 Å². The van der Waals surface area contributed by atoms with Crippen LogP contribution in [-0.4, -0.2) is 28.1 Å². The number of benzene rings is 2. The minimum absolute atomic E-state index is 0.201. The minimum Gasteiger partial charge on any atom is -0.454 e. The van der Waals surface area contributed by atoms with Gasteiger partial charge in [0.2, 0.25) is 0 Å². The van der Waals surface area contributed by atoms with Crippen LogP contribution in [0.1, 0.15) is 34.0 Å². The summed E-state index contributed by atoms with van der Waals surface area (Å²) in [5, 5.41) is 4.63. The number of hydrogen-bond donors (Lipinski definition) is 0. The van der Waals surface area contributed by atoms with Gasteiger partial charge < -0.3 is 4.74 Å². The molecular weight excluding hydrogens is 340 g/mol. The molecule has 3 aromatic rings. The van der Waals surface area contributed by atoms with E-state index in [0.717, 1.165) is 16.7 Å². The second kappa shape index (κ2) is 7.99. The van der Waals surface area contributed by atoms with Crippen molar-refractivity contribution in [3.05, 3.63) is 77.0 Å². The summed E-state index contributed by atoms with van der Waals surface area (Å²) in [5.41, 5.74) is 5.13. The Morgan fingerprint density at radius 2 is 1.78 bits per heavy atom. The molecule has 0 aliphatic heterocycles. The Morgan fingerprint density at radius 3 is 2.44 bits per heavy atom. The molecule has 2 aromatic carbocycles. The van der Waals surface area contributed by atoms with Gasteiger partial charge in [-0.15, -0.1) is 0 Å². The maximum atomic E-state index is 12.5. The van der Waals surface area contributed by atoms with E-state index in [4.69, 9.17) is 4.74 Å². The normalized spacial score (nSPS) is 10.6. The van der Waals surface area contributed by atoms with Crippen molar-refractivity contribution in [3.8, 4) is 11.3 Å². The fourth-order valence-corrected chi connectivity index (χ4v) is 2.77. The third-order valence-electron chi connectivity index (χ3n) is 4.36. The van der Waals surface area contributed by atoms with Crippen molar-refractivity contribution in [1.29, 1.82) is 0 Å². The zero-order valence-corrected chi connectivity index (χ0v) is 15.7. The lowest BCUT2D eigenvalue weighted by molar-refractivity contribution is -0.120. The predicted molar refractivity (Wildman–Crippen MR) is 104 cm³/mol. The first-order valence-corrected chi connectivity index (χ1v) is 8.79. The van der Waals surface area contributed by atoms with Crippen molar-refractivity contribution >= 4 is 11.8 Å². The minimum atomic E-state index is -0.544. The fraction of sp³-hybridized carbons (Fsp3) is 0.227. The van der Waals surface area contributed by atoms with Crippen LogP contribution in [0, 0.1) is 13.8 Å². The van der Waals surface area contributed by atoms with Gasteiger partial charge in [0, 0.05) is 11.8 Å². The molecule has 0 atom stereocenters. The molecule has 1 heterocycles. The Kier molecular flexibility index (Phi) is 5.50. The van der Waals surface area contributed by atoms with Gasteiger partial charge in [-0.1, -0.05) is 42.5 Å². The number of ketones is 1. The van der Waals surface area contributed by atoms with Crippen molar-refractivity contribution in [2.75, 3.05) is 6.61 Å². The molecule has 0 amide bonds. The number of Topliss-reactive ketones (excluding diaryl/α,β-unsaturated/α-hetero) is 1. The van der Waals surface area contributed by atoms with Crippen molar-refractivity contribution < 1.29 is 14.3 Å². The quantitative estimate of drug-likeness (QED) is 0.623. The van der Waals surface area contributed by atoms with E-state index in [1.807, 2.05) is 62.4 Å². The summed E-state index contributed by atoms with van der Waals surface area (Å²) in [6, 6.07) is 15.8. The van der Waals surface area contributed by atoms with Gasteiger partial charge in [-0.25, -0.2) is 4.79 Å². The molecule has 0 aliphatic carbocycles. The Bertz CT molecular complexity index is 974. The van der Waals surface area contributed by atoms with Crippen LogP contribution < -0.4 is 0 Å². The first kappa shape index (κ1) is 18.6. The highest BCUT2D eigenvalue weighted by atomic mass is 16.5. The molecule has 27 heavy (non-hydrogen) atoms. The van der Waals surface area contributed by atoms with Gasteiger partial charge in [0.15, 0.2) is 5.78 Å². The third kappa shape index (κ3) is 4.50. The zero-order valence-electron chi connectivity index (χ0n) is 15.7. The number of esters is 1. The van der Waals surface area contributed by atoms with Gasteiger partial charge in [0.05, 0.1) is 6.54 Å². The maximum Gasteiger partial charge on any atom is 0.342 e. The molecule has 5 heteroatoms. The van der Waals surface area contributed by atoms with Crippen LogP contribution in [0.15, 0.2) is 54.7 Å². The fourth-order valence-electron chi connectivity index (χ4n) is 2.77. The molecule has 1 aromatic heterocycles. The van der Waals surface area contributed by atoms with Crippen LogP contribution in [0.25, 0.3) is 11.3 Å². The maximum absolute atomic E-state index is 12.5. The topological polar surface area (TPSA) is 61.2 Å². The van der Waals surface area contributed by atoms with Gasteiger partial charge in [-0.05, 0) is 43.5 Å². The van der Waals surface area contributed by atoms with Gasteiger partial charge in [-0.3, -0.25) is 9.48 Å². The van der Waals surface area contributed by atoms with Crippen LogP contribution in [0.2, 0.25) is 0 Å². The highest BCUT2D eigenvalue weighted by molar-refractivity contribution is 5.97. The van der Waals surface area contributed by atoms with Gasteiger partial charge in [0.1, 0.15) is 17.9 Å². The molecule has 5 nitrogen and oxygen atoms in total.